The normalized spacial score (nSPS) is 11.3. The molecule has 0 saturated heterocycles. The smallest absolute Gasteiger partial charge is 0.130 e. The molecule has 0 unspecified atom stereocenters. The lowest BCUT2D eigenvalue weighted by Gasteiger charge is -2.17. The van der Waals surface area contributed by atoms with Gasteiger partial charge >= 0.3 is 0 Å². The molecule has 0 aliphatic heterocycles. The van der Waals surface area contributed by atoms with Crippen LogP contribution in [0.5, 0.6) is 11.5 Å². The van der Waals surface area contributed by atoms with Gasteiger partial charge in [0, 0.05) is 19.7 Å². The van der Waals surface area contributed by atoms with E-state index in [-0.39, 0.29) is 6.61 Å². The van der Waals surface area contributed by atoms with E-state index in [1.165, 1.54) is 5.56 Å². The van der Waals surface area contributed by atoms with Crippen molar-refractivity contribution >= 4 is 12.0 Å². The quantitative estimate of drug-likeness (QED) is 0.535. The molecular formula is C22H30N2O2. The van der Waals surface area contributed by atoms with Crippen molar-refractivity contribution in [1.82, 2.24) is 4.90 Å². The van der Waals surface area contributed by atoms with Gasteiger partial charge in [0.15, 0.2) is 0 Å². The van der Waals surface area contributed by atoms with E-state index in [2.05, 4.69) is 35.9 Å². The van der Waals surface area contributed by atoms with Crippen molar-refractivity contribution in [2.75, 3.05) is 13.7 Å². The van der Waals surface area contributed by atoms with E-state index in [1.54, 1.807) is 0 Å². The van der Waals surface area contributed by atoms with Gasteiger partial charge in [-0.3, -0.25) is 0 Å². The summed E-state index contributed by atoms with van der Waals surface area (Å²) in [5.74, 6) is 1.66. The fraction of sp³-hybridized carbons (Fsp3) is 0.409. The molecule has 26 heavy (non-hydrogen) atoms. The molecule has 2 rings (SSSR count). The number of aliphatic hydroxyl groups is 1. The molecule has 0 atom stereocenters. The van der Waals surface area contributed by atoms with Gasteiger partial charge in [-0.2, -0.15) is 0 Å². The first-order valence-electron chi connectivity index (χ1n) is 9.15. The lowest BCUT2D eigenvalue weighted by molar-refractivity contribution is 0.288. The van der Waals surface area contributed by atoms with Crippen molar-refractivity contribution in [2.45, 2.75) is 46.6 Å². The van der Waals surface area contributed by atoms with Crippen LogP contribution in [0.3, 0.4) is 0 Å². The van der Waals surface area contributed by atoms with Crippen LogP contribution >= 0.6 is 0 Å². The highest BCUT2D eigenvalue weighted by atomic mass is 16.5. The first-order valence-corrected chi connectivity index (χ1v) is 9.15. The molecule has 4 heteroatoms. The molecule has 0 radical (unpaired) electrons. The fourth-order valence-corrected chi connectivity index (χ4v) is 2.48. The third kappa shape index (κ3) is 5.60. The number of rotatable bonds is 8. The Labute approximate surface area is 157 Å². The van der Waals surface area contributed by atoms with Crippen LogP contribution in [0, 0.1) is 13.8 Å². The van der Waals surface area contributed by atoms with E-state index >= 15 is 0 Å². The first kappa shape index (κ1) is 20.0. The zero-order valence-electron chi connectivity index (χ0n) is 16.5. The molecule has 0 heterocycles. The predicted molar refractivity (Wildman–Crippen MR) is 109 cm³/mol. The van der Waals surface area contributed by atoms with Gasteiger partial charge in [-0.05, 0) is 81.5 Å². The van der Waals surface area contributed by atoms with Gasteiger partial charge in [-0.25, -0.2) is 4.99 Å². The molecule has 0 aliphatic rings. The molecule has 0 saturated carbocycles. The highest BCUT2D eigenvalue weighted by molar-refractivity contribution is 5.65. The molecule has 4 nitrogen and oxygen atoms in total. The van der Waals surface area contributed by atoms with Crippen LogP contribution in [0.25, 0.3) is 0 Å². The Balaban J connectivity index is 2.17. The first-order chi connectivity index (χ1) is 12.4. The second-order valence-electron chi connectivity index (χ2n) is 6.98. The van der Waals surface area contributed by atoms with Crippen molar-refractivity contribution in [3.8, 4) is 11.5 Å². The van der Waals surface area contributed by atoms with Gasteiger partial charge in [-0.1, -0.05) is 12.1 Å². The number of hydrogen-bond donors (Lipinski definition) is 1. The number of nitrogens with zero attached hydrogens (tertiary/aromatic N) is 2. The van der Waals surface area contributed by atoms with Gasteiger partial charge in [0.1, 0.15) is 11.5 Å². The highest BCUT2D eigenvalue weighted by Crippen LogP contribution is 2.31. The van der Waals surface area contributed by atoms with Gasteiger partial charge in [0.05, 0.1) is 12.0 Å². The molecule has 0 aromatic heterocycles. The molecule has 0 bridgehead atoms. The third-order valence-corrected chi connectivity index (χ3v) is 4.44. The number of benzene rings is 2. The van der Waals surface area contributed by atoms with Crippen molar-refractivity contribution in [3.05, 3.63) is 53.1 Å². The SMILES string of the molecule is Cc1cc(Oc2cccc(CCCO)c2)c(C)cc1N=CN(C)C(C)C. The predicted octanol–water partition coefficient (Wildman–Crippen LogP) is 5.02. The molecule has 2 aromatic rings. The number of aryl methyl sites for hydroxylation is 3. The average molecular weight is 354 g/mol. The lowest BCUT2D eigenvalue weighted by Crippen LogP contribution is -2.24. The van der Waals surface area contributed by atoms with E-state index < -0.39 is 0 Å². The molecule has 1 N–H and O–H groups in total. The van der Waals surface area contributed by atoms with Crippen LogP contribution in [0.1, 0.15) is 37.0 Å². The second-order valence-corrected chi connectivity index (χ2v) is 6.98. The number of hydrogen-bond acceptors (Lipinski definition) is 3. The van der Waals surface area contributed by atoms with Crippen LogP contribution in [-0.4, -0.2) is 36.0 Å². The molecule has 2 aromatic carbocycles. The summed E-state index contributed by atoms with van der Waals surface area (Å²) in [6, 6.07) is 12.6. The van der Waals surface area contributed by atoms with Gasteiger partial charge in [0.25, 0.3) is 0 Å². The van der Waals surface area contributed by atoms with E-state index in [1.807, 2.05) is 51.5 Å². The largest absolute Gasteiger partial charge is 0.457 e. The Morgan fingerprint density at radius 1 is 1.15 bits per heavy atom. The Morgan fingerprint density at radius 2 is 1.92 bits per heavy atom. The summed E-state index contributed by atoms with van der Waals surface area (Å²) in [5, 5.41) is 8.99. The van der Waals surface area contributed by atoms with E-state index in [0.29, 0.717) is 6.04 Å². The van der Waals surface area contributed by atoms with Crippen LogP contribution in [0.15, 0.2) is 41.4 Å². The van der Waals surface area contributed by atoms with E-state index in [4.69, 9.17) is 9.84 Å². The Kier molecular flexibility index (Phi) is 7.22. The monoisotopic (exact) mass is 354 g/mol. The highest BCUT2D eigenvalue weighted by Gasteiger charge is 2.07. The fourth-order valence-electron chi connectivity index (χ4n) is 2.48. The second kappa shape index (κ2) is 9.39. The minimum atomic E-state index is 0.206. The summed E-state index contributed by atoms with van der Waals surface area (Å²) in [7, 11) is 2.03. The standard InChI is InChI=1S/C22H30N2O2/c1-16(2)24(5)15-23-21-12-18(4)22(13-17(21)3)26-20-10-6-8-19(14-20)9-7-11-25/h6,8,10,12-16,25H,7,9,11H2,1-5H3. The summed E-state index contributed by atoms with van der Waals surface area (Å²) in [6.45, 7) is 8.56. The number of ether oxygens (including phenoxy) is 1. The van der Waals surface area contributed by atoms with Crippen molar-refractivity contribution in [3.63, 3.8) is 0 Å². The van der Waals surface area contributed by atoms with Gasteiger partial charge in [-0.15, -0.1) is 0 Å². The third-order valence-electron chi connectivity index (χ3n) is 4.44. The van der Waals surface area contributed by atoms with Crippen molar-refractivity contribution < 1.29 is 9.84 Å². The van der Waals surface area contributed by atoms with Gasteiger partial charge < -0.3 is 14.7 Å². The Morgan fingerprint density at radius 3 is 2.62 bits per heavy atom. The summed E-state index contributed by atoms with van der Waals surface area (Å²) >= 11 is 0. The topological polar surface area (TPSA) is 45.1 Å². The van der Waals surface area contributed by atoms with Crippen LogP contribution < -0.4 is 4.74 Å². The molecule has 0 amide bonds. The lowest BCUT2D eigenvalue weighted by atomic mass is 10.1. The minimum absolute atomic E-state index is 0.206. The zero-order chi connectivity index (χ0) is 19.1. The van der Waals surface area contributed by atoms with E-state index in [0.717, 1.165) is 41.2 Å². The van der Waals surface area contributed by atoms with Crippen LogP contribution in [0.2, 0.25) is 0 Å². The Bertz CT molecular complexity index is 754. The Hall–Kier alpha value is -2.33. The van der Waals surface area contributed by atoms with Crippen molar-refractivity contribution in [1.29, 1.82) is 0 Å². The maximum atomic E-state index is 8.99. The number of aliphatic imine (C=N–C) groups is 1. The van der Waals surface area contributed by atoms with Crippen LogP contribution in [0.4, 0.5) is 5.69 Å². The van der Waals surface area contributed by atoms with Crippen LogP contribution in [-0.2, 0) is 6.42 Å². The summed E-state index contributed by atoms with van der Waals surface area (Å²) in [6.07, 6.45) is 3.49. The van der Waals surface area contributed by atoms with E-state index in [9.17, 15) is 0 Å². The molecule has 0 aliphatic carbocycles. The van der Waals surface area contributed by atoms with Crippen molar-refractivity contribution in [2.24, 2.45) is 4.99 Å². The van der Waals surface area contributed by atoms with Gasteiger partial charge in [0.2, 0.25) is 0 Å². The number of aliphatic hydroxyl groups excluding tert-OH is 1. The molecule has 0 fully saturated rings. The minimum Gasteiger partial charge on any atom is -0.457 e. The summed E-state index contributed by atoms with van der Waals surface area (Å²) in [4.78, 5) is 6.69. The zero-order valence-corrected chi connectivity index (χ0v) is 16.5. The maximum absolute atomic E-state index is 8.99. The maximum Gasteiger partial charge on any atom is 0.130 e. The molecule has 0 spiro atoms. The molecular weight excluding hydrogens is 324 g/mol. The average Bonchev–Trinajstić information content (AvgIpc) is 2.61. The molecule has 140 valence electrons. The summed E-state index contributed by atoms with van der Waals surface area (Å²) in [5.41, 5.74) is 4.26. The summed E-state index contributed by atoms with van der Waals surface area (Å²) < 4.78 is 6.10.